The van der Waals surface area contributed by atoms with Crippen LogP contribution in [-0.2, 0) is 4.74 Å². The van der Waals surface area contributed by atoms with E-state index in [9.17, 15) is 4.79 Å². The molecule has 0 aliphatic carbocycles. The molecule has 78 valence electrons. The zero-order chi connectivity index (χ0) is 11.1. The van der Waals surface area contributed by atoms with Crippen molar-refractivity contribution in [2.24, 2.45) is 0 Å². The number of nitrogens with one attached hydrogen (secondary N) is 1. The quantitative estimate of drug-likeness (QED) is 0.752. The Bertz CT molecular complexity index is 357. The number of nitriles is 1. The Hall–Kier alpha value is -1.86. The van der Waals surface area contributed by atoms with Gasteiger partial charge in [-0.3, -0.25) is 4.79 Å². The largest absolute Gasteiger partial charge is 0.346 e. The lowest BCUT2D eigenvalue weighted by Gasteiger charge is -2.10. The fraction of sp³-hybridized carbons (Fsp3) is 0.273. The monoisotopic (exact) mass is 204 g/mol. The van der Waals surface area contributed by atoms with Gasteiger partial charge in [-0.1, -0.05) is 18.2 Å². The van der Waals surface area contributed by atoms with Gasteiger partial charge in [0, 0.05) is 12.2 Å². The maximum absolute atomic E-state index is 11.5. The van der Waals surface area contributed by atoms with Crippen molar-refractivity contribution in [1.82, 2.24) is 5.32 Å². The molecule has 0 saturated carbocycles. The number of carbonyl (C=O) groups excluding carboxylic acids is 1. The number of benzene rings is 1. The molecule has 1 rings (SSSR count). The number of amides is 1. The molecule has 0 radical (unpaired) electrons. The van der Waals surface area contributed by atoms with Gasteiger partial charge < -0.3 is 10.1 Å². The molecule has 0 aromatic heterocycles. The summed E-state index contributed by atoms with van der Waals surface area (Å²) in [6.07, 6.45) is -0.886. The van der Waals surface area contributed by atoms with E-state index >= 15 is 0 Å². The molecule has 15 heavy (non-hydrogen) atoms. The van der Waals surface area contributed by atoms with Gasteiger partial charge in [0.1, 0.15) is 6.07 Å². The maximum atomic E-state index is 11.5. The van der Waals surface area contributed by atoms with Crippen LogP contribution in [0.1, 0.15) is 17.3 Å². The SMILES string of the molecule is CCOC(C#N)NC(=O)c1ccccc1. The van der Waals surface area contributed by atoms with Crippen molar-refractivity contribution in [2.45, 2.75) is 13.2 Å². The number of hydrogen-bond acceptors (Lipinski definition) is 3. The lowest BCUT2D eigenvalue weighted by molar-refractivity contribution is 0.0615. The van der Waals surface area contributed by atoms with Crippen LogP contribution in [0.4, 0.5) is 0 Å². The van der Waals surface area contributed by atoms with Crippen LogP contribution in [0.5, 0.6) is 0 Å². The van der Waals surface area contributed by atoms with Crippen LogP contribution in [-0.4, -0.2) is 18.7 Å². The summed E-state index contributed by atoms with van der Waals surface area (Å²) < 4.78 is 4.99. The molecule has 0 aliphatic heterocycles. The molecule has 1 N–H and O–H groups in total. The zero-order valence-electron chi connectivity index (χ0n) is 8.43. The highest BCUT2D eigenvalue weighted by atomic mass is 16.5. The summed E-state index contributed by atoms with van der Waals surface area (Å²) >= 11 is 0. The summed E-state index contributed by atoms with van der Waals surface area (Å²) in [6, 6.07) is 10.5. The molecule has 1 amide bonds. The maximum Gasteiger partial charge on any atom is 0.254 e. The molecule has 0 heterocycles. The predicted octanol–water partition coefficient (Wildman–Crippen LogP) is 1.30. The smallest absolute Gasteiger partial charge is 0.254 e. The zero-order valence-corrected chi connectivity index (χ0v) is 8.43. The molecule has 0 fully saturated rings. The van der Waals surface area contributed by atoms with E-state index in [-0.39, 0.29) is 5.91 Å². The Morgan fingerprint density at radius 2 is 2.20 bits per heavy atom. The number of ether oxygens (including phenoxy) is 1. The molecule has 1 unspecified atom stereocenters. The van der Waals surface area contributed by atoms with Gasteiger partial charge in [-0.2, -0.15) is 5.26 Å². The average Bonchev–Trinajstić information content (AvgIpc) is 2.29. The fourth-order valence-electron chi connectivity index (χ4n) is 1.07. The van der Waals surface area contributed by atoms with Gasteiger partial charge in [0.2, 0.25) is 6.23 Å². The first kappa shape index (κ1) is 11.2. The minimum atomic E-state index is -0.886. The van der Waals surface area contributed by atoms with E-state index < -0.39 is 6.23 Å². The van der Waals surface area contributed by atoms with Crippen LogP contribution >= 0.6 is 0 Å². The van der Waals surface area contributed by atoms with Crippen molar-refractivity contribution < 1.29 is 9.53 Å². The van der Waals surface area contributed by atoms with E-state index in [0.717, 1.165) is 0 Å². The minimum absolute atomic E-state index is 0.310. The number of hydrogen-bond donors (Lipinski definition) is 1. The Morgan fingerprint density at radius 3 is 2.73 bits per heavy atom. The molecule has 0 aliphatic rings. The second-order valence-corrected chi connectivity index (χ2v) is 2.80. The summed E-state index contributed by atoms with van der Waals surface area (Å²) in [4.78, 5) is 11.5. The summed E-state index contributed by atoms with van der Waals surface area (Å²) in [5, 5.41) is 11.1. The highest BCUT2D eigenvalue weighted by molar-refractivity contribution is 5.94. The molecule has 4 heteroatoms. The summed E-state index contributed by atoms with van der Waals surface area (Å²) in [5.41, 5.74) is 0.512. The highest BCUT2D eigenvalue weighted by Gasteiger charge is 2.11. The van der Waals surface area contributed by atoms with Crippen molar-refractivity contribution in [3.8, 4) is 6.07 Å². The molecule has 4 nitrogen and oxygen atoms in total. The normalized spacial score (nSPS) is 11.5. The first-order valence-electron chi connectivity index (χ1n) is 4.65. The molecule has 1 aromatic rings. The number of nitrogens with zero attached hydrogens (tertiary/aromatic N) is 1. The molecule has 1 atom stereocenters. The third-order valence-corrected chi connectivity index (χ3v) is 1.75. The molecule has 1 aromatic carbocycles. The first-order valence-corrected chi connectivity index (χ1v) is 4.65. The standard InChI is InChI=1S/C11H12N2O2/c1-2-15-10(8-12)13-11(14)9-6-4-3-5-7-9/h3-7,10H,2H2,1H3,(H,13,14). The van der Waals surface area contributed by atoms with Gasteiger partial charge in [-0.25, -0.2) is 0 Å². The summed E-state index contributed by atoms with van der Waals surface area (Å²) in [7, 11) is 0. The lowest BCUT2D eigenvalue weighted by Crippen LogP contribution is -2.35. The fourth-order valence-corrected chi connectivity index (χ4v) is 1.07. The van der Waals surface area contributed by atoms with Crippen molar-refractivity contribution >= 4 is 5.91 Å². The third kappa shape index (κ3) is 3.41. The van der Waals surface area contributed by atoms with Gasteiger partial charge in [-0.05, 0) is 19.1 Å². The Balaban J connectivity index is 2.60. The van der Waals surface area contributed by atoms with Crippen LogP contribution in [0.15, 0.2) is 30.3 Å². The van der Waals surface area contributed by atoms with E-state index in [1.165, 1.54) is 0 Å². The molecule has 0 spiro atoms. The minimum Gasteiger partial charge on any atom is -0.346 e. The van der Waals surface area contributed by atoms with E-state index in [1.54, 1.807) is 31.2 Å². The van der Waals surface area contributed by atoms with Crippen molar-refractivity contribution in [1.29, 1.82) is 5.26 Å². The van der Waals surface area contributed by atoms with Crippen LogP contribution < -0.4 is 5.32 Å². The second kappa shape index (κ2) is 5.78. The predicted molar refractivity (Wildman–Crippen MR) is 54.9 cm³/mol. The Morgan fingerprint density at radius 1 is 1.53 bits per heavy atom. The first-order chi connectivity index (χ1) is 7.27. The average molecular weight is 204 g/mol. The van der Waals surface area contributed by atoms with Gasteiger partial charge in [0.05, 0.1) is 0 Å². The molecular weight excluding hydrogens is 192 g/mol. The van der Waals surface area contributed by atoms with E-state index in [4.69, 9.17) is 10.00 Å². The van der Waals surface area contributed by atoms with Gasteiger partial charge in [0.25, 0.3) is 5.91 Å². The van der Waals surface area contributed by atoms with E-state index in [0.29, 0.717) is 12.2 Å². The highest BCUT2D eigenvalue weighted by Crippen LogP contribution is 1.98. The summed E-state index contributed by atoms with van der Waals surface area (Å²) in [5.74, 6) is -0.310. The van der Waals surface area contributed by atoms with Gasteiger partial charge in [0.15, 0.2) is 0 Å². The molecular formula is C11H12N2O2. The van der Waals surface area contributed by atoms with E-state index in [2.05, 4.69) is 5.32 Å². The second-order valence-electron chi connectivity index (χ2n) is 2.80. The van der Waals surface area contributed by atoms with Gasteiger partial charge in [-0.15, -0.1) is 0 Å². The van der Waals surface area contributed by atoms with Crippen LogP contribution in [0.3, 0.4) is 0 Å². The van der Waals surface area contributed by atoms with Crippen LogP contribution in [0, 0.1) is 11.3 Å². The number of carbonyl (C=O) groups is 1. The van der Waals surface area contributed by atoms with Crippen molar-refractivity contribution in [2.75, 3.05) is 6.61 Å². The summed E-state index contributed by atoms with van der Waals surface area (Å²) in [6.45, 7) is 2.15. The Kier molecular flexibility index (Phi) is 4.32. The van der Waals surface area contributed by atoms with Crippen molar-refractivity contribution in [3.63, 3.8) is 0 Å². The van der Waals surface area contributed by atoms with E-state index in [1.807, 2.05) is 12.1 Å². The van der Waals surface area contributed by atoms with Crippen LogP contribution in [0.2, 0.25) is 0 Å². The topological polar surface area (TPSA) is 62.1 Å². The third-order valence-electron chi connectivity index (χ3n) is 1.75. The Labute approximate surface area is 88.5 Å². The lowest BCUT2D eigenvalue weighted by atomic mass is 10.2. The van der Waals surface area contributed by atoms with Crippen LogP contribution in [0.25, 0.3) is 0 Å². The molecule has 0 bridgehead atoms. The van der Waals surface area contributed by atoms with Gasteiger partial charge >= 0.3 is 0 Å². The molecule has 0 saturated heterocycles. The number of rotatable bonds is 4. The van der Waals surface area contributed by atoms with Crippen molar-refractivity contribution in [3.05, 3.63) is 35.9 Å².